The maximum atomic E-state index is 12.0. The number of carboxylic acids is 1. The van der Waals surface area contributed by atoms with Crippen LogP contribution in [0.1, 0.15) is 16.9 Å². The van der Waals surface area contributed by atoms with E-state index in [1.807, 2.05) is 0 Å². The van der Waals surface area contributed by atoms with Gasteiger partial charge in [-0.15, -0.1) is 0 Å². The Morgan fingerprint density at radius 1 is 1.40 bits per heavy atom. The van der Waals surface area contributed by atoms with Crippen molar-refractivity contribution >= 4 is 31.6 Å². The number of sulfone groups is 1. The minimum atomic E-state index is -3.91. The monoisotopic (exact) mass is 320 g/mol. The molecule has 8 nitrogen and oxygen atoms in total. The number of rotatable bonds is 4. The molecule has 1 saturated heterocycles. The molecule has 1 unspecified atom stereocenters. The molecule has 0 aromatic carbocycles. The van der Waals surface area contributed by atoms with E-state index in [0.29, 0.717) is 0 Å². The highest BCUT2D eigenvalue weighted by Crippen LogP contribution is 2.20. The first kappa shape index (κ1) is 14.7. The standard InChI is InChI=1S/C10H12N2O6S2/c13-10(14)8-2-1-3-9(11-8)12-20(17,18)7-4-5-19(15,16)6-7/h1-3,7H,4-6H2,(H,11,12)(H,13,14). The highest BCUT2D eigenvalue weighted by atomic mass is 32.2. The lowest BCUT2D eigenvalue weighted by Crippen LogP contribution is -2.29. The van der Waals surface area contributed by atoms with Crippen LogP contribution in [0.4, 0.5) is 5.82 Å². The molecule has 110 valence electrons. The topological polar surface area (TPSA) is 130 Å². The SMILES string of the molecule is O=C(O)c1cccc(NS(=O)(=O)C2CCS(=O)(=O)C2)n1. The summed E-state index contributed by atoms with van der Waals surface area (Å²) < 4.78 is 48.7. The van der Waals surface area contributed by atoms with Gasteiger partial charge in [-0.2, -0.15) is 0 Å². The minimum Gasteiger partial charge on any atom is -0.477 e. The fourth-order valence-corrected chi connectivity index (χ4v) is 5.88. The molecule has 2 N–H and O–H groups in total. The number of aromatic carboxylic acids is 1. The average molecular weight is 320 g/mol. The Hall–Kier alpha value is -1.68. The van der Waals surface area contributed by atoms with E-state index in [1.54, 1.807) is 0 Å². The summed E-state index contributed by atoms with van der Waals surface area (Å²) in [5.41, 5.74) is -0.302. The summed E-state index contributed by atoms with van der Waals surface area (Å²) in [6.07, 6.45) is 0.0241. The normalized spacial score (nSPS) is 21.5. The predicted octanol–water partition coefficient (Wildman–Crippen LogP) is -0.291. The number of nitrogens with zero attached hydrogens (tertiary/aromatic N) is 1. The number of pyridine rings is 1. The van der Waals surface area contributed by atoms with Crippen molar-refractivity contribution in [3.8, 4) is 0 Å². The van der Waals surface area contributed by atoms with Crippen LogP contribution in [0, 0.1) is 0 Å². The van der Waals surface area contributed by atoms with E-state index in [1.165, 1.54) is 18.2 Å². The van der Waals surface area contributed by atoms with Gasteiger partial charge in [0.2, 0.25) is 10.0 Å². The summed E-state index contributed by atoms with van der Waals surface area (Å²) in [6, 6.07) is 3.87. The molecule has 1 aliphatic heterocycles. The predicted molar refractivity (Wildman–Crippen MR) is 70.8 cm³/mol. The van der Waals surface area contributed by atoms with Crippen LogP contribution in [0.3, 0.4) is 0 Å². The number of hydrogen-bond donors (Lipinski definition) is 2. The molecule has 0 spiro atoms. The van der Waals surface area contributed by atoms with Crippen LogP contribution < -0.4 is 4.72 Å². The summed E-state index contributed by atoms with van der Waals surface area (Å²) >= 11 is 0. The maximum Gasteiger partial charge on any atom is 0.354 e. The molecule has 20 heavy (non-hydrogen) atoms. The average Bonchev–Trinajstić information content (AvgIpc) is 2.70. The van der Waals surface area contributed by atoms with E-state index in [4.69, 9.17) is 5.11 Å². The fraction of sp³-hybridized carbons (Fsp3) is 0.400. The molecule has 1 fully saturated rings. The van der Waals surface area contributed by atoms with Crippen LogP contribution >= 0.6 is 0 Å². The first-order chi connectivity index (χ1) is 9.20. The van der Waals surface area contributed by atoms with Gasteiger partial charge in [-0.25, -0.2) is 26.6 Å². The zero-order valence-electron chi connectivity index (χ0n) is 10.2. The van der Waals surface area contributed by atoms with E-state index in [2.05, 4.69) is 9.71 Å². The Morgan fingerprint density at radius 3 is 2.65 bits per heavy atom. The lowest BCUT2D eigenvalue weighted by atomic mass is 10.3. The molecule has 1 aliphatic rings. The number of anilines is 1. The van der Waals surface area contributed by atoms with Gasteiger partial charge in [0.25, 0.3) is 0 Å². The Bertz CT molecular complexity index is 741. The molecule has 0 radical (unpaired) electrons. The van der Waals surface area contributed by atoms with Gasteiger partial charge in [-0.05, 0) is 18.6 Å². The largest absolute Gasteiger partial charge is 0.477 e. The Balaban J connectivity index is 2.21. The second-order valence-electron chi connectivity index (χ2n) is 4.39. The minimum absolute atomic E-state index is 0.0241. The third kappa shape index (κ3) is 3.25. The summed E-state index contributed by atoms with van der Waals surface area (Å²) in [5.74, 6) is -2.02. The Kier molecular flexibility index (Phi) is 3.69. The van der Waals surface area contributed by atoms with Crippen LogP contribution in [-0.2, 0) is 19.9 Å². The fourth-order valence-electron chi connectivity index (χ4n) is 1.85. The van der Waals surface area contributed by atoms with Crippen molar-refractivity contribution in [3.05, 3.63) is 23.9 Å². The number of carbonyl (C=O) groups is 1. The molecule has 2 rings (SSSR count). The van der Waals surface area contributed by atoms with Crippen molar-refractivity contribution in [2.24, 2.45) is 0 Å². The van der Waals surface area contributed by atoms with E-state index in [-0.39, 0.29) is 23.7 Å². The summed E-state index contributed by atoms with van der Waals surface area (Å²) in [7, 11) is -7.24. The first-order valence-corrected chi connectivity index (χ1v) is 8.99. The smallest absolute Gasteiger partial charge is 0.354 e. The van der Waals surface area contributed by atoms with Crippen LogP contribution in [0.25, 0.3) is 0 Å². The molecule has 2 heterocycles. The maximum absolute atomic E-state index is 12.0. The molecule has 1 aromatic heterocycles. The number of sulfonamides is 1. The number of hydrogen-bond acceptors (Lipinski definition) is 6. The van der Waals surface area contributed by atoms with Crippen LogP contribution in [0.5, 0.6) is 0 Å². The van der Waals surface area contributed by atoms with E-state index in [9.17, 15) is 21.6 Å². The Labute approximate surface area is 115 Å². The zero-order valence-corrected chi connectivity index (χ0v) is 11.8. The summed E-state index contributed by atoms with van der Waals surface area (Å²) in [4.78, 5) is 14.4. The van der Waals surface area contributed by atoms with Gasteiger partial charge in [0.1, 0.15) is 5.82 Å². The van der Waals surface area contributed by atoms with Gasteiger partial charge in [-0.3, -0.25) is 4.72 Å². The van der Waals surface area contributed by atoms with Gasteiger partial charge in [0.05, 0.1) is 16.8 Å². The van der Waals surface area contributed by atoms with Crippen molar-refractivity contribution in [2.45, 2.75) is 11.7 Å². The molecule has 0 bridgehead atoms. The molecular formula is C10H12N2O6S2. The molecule has 1 aromatic rings. The number of nitrogens with one attached hydrogen (secondary N) is 1. The molecule has 0 saturated carbocycles. The number of aromatic nitrogens is 1. The highest BCUT2D eigenvalue weighted by molar-refractivity contribution is 7.97. The quantitative estimate of drug-likeness (QED) is 0.779. The van der Waals surface area contributed by atoms with Crippen molar-refractivity contribution < 1.29 is 26.7 Å². The molecule has 0 aliphatic carbocycles. The van der Waals surface area contributed by atoms with Crippen molar-refractivity contribution in [2.75, 3.05) is 16.2 Å². The zero-order chi connectivity index (χ0) is 15.0. The van der Waals surface area contributed by atoms with Gasteiger partial charge in [0.15, 0.2) is 15.5 Å². The molecule has 0 amide bonds. The lowest BCUT2D eigenvalue weighted by Gasteiger charge is -2.11. The molecular weight excluding hydrogens is 308 g/mol. The van der Waals surface area contributed by atoms with Gasteiger partial charge >= 0.3 is 5.97 Å². The third-order valence-corrected chi connectivity index (χ3v) is 6.60. The second-order valence-corrected chi connectivity index (χ2v) is 8.57. The van der Waals surface area contributed by atoms with E-state index < -0.39 is 36.8 Å². The molecule has 10 heteroatoms. The van der Waals surface area contributed by atoms with Crippen molar-refractivity contribution in [1.29, 1.82) is 0 Å². The number of carboxylic acid groups (broad SMARTS) is 1. The second kappa shape index (κ2) is 5.02. The summed E-state index contributed by atoms with van der Waals surface area (Å²) in [5, 5.41) is 7.73. The van der Waals surface area contributed by atoms with Crippen LogP contribution in [0.15, 0.2) is 18.2 Å². The first-order valence-electron chi connectivity index (χ1n) is 5.62. The van der Waals surface area contributed by atoms with Gasteiger partial charge < -0.3 is 5.11 Å². The lowest BCUT2D eigenvalue weighted by molar-refractivity contribution is 0.0690. The van der Waals surface area contributed by atoms with Gasteiger partial charge in [0, 0.05) is 0 Å². The van der Waals surface area contributed by atoms with Gasteiger partial charge in [-0.1, -0.05) is 6.07 Å². The van der Waals surface area contributed by atoms with Crippen LogP contribution in [-0.4, -0.2) is 49.7 Å². The molecule has 1 atom stereocenters. The van der Waals surface area contributed by atoms with Crippen molar-refractivity contribution in [3.63, 3.8) is 0 Å². The Morgan fingerprint density at radius 2 is 2.10 bits per heavy atom. The summed E-state index contributed by atoms with van der Waals surface area (Å²) in [6.45, 7) is 0. The highest BCUT2D eigenvalue weighted by Gasteiger charge is 2.37. The van der Waals surface area contributed by atoms with E-state index >= 15 is 0 Å². The van der Waals surface area contributed by atoms with E-state index in [0.717, 1.165) is 0 Å². The third-order valence-electron chi connectivity index (χ3n) is 2.84. The van der Waals surface area contributed by atoms with Crippen LogP contribution in [0.2, 0.25) is 0 Å². The van der Waals surface area contributed by atoms with Crippen molar-refractivity contribution in [1.82, 2.24) is 4.98 Å².